The molecule has 0 spiro atoms. The highest BCUT2D eigenvalue weighted by Crippen LogP contribution is 2.47. The second kappa shape index (κ2) is 2.22. The van der Waals surface area contributed by atoms with E-state index in [2.05, 4.69) is 5.32 Å². The molecule has 0 aromatic heterocycles. The fraction of sp³-hybridized carbons (Fsp3) is 0.333. The van der Waals surface area contributed by atoms with Crippen LogP contribution in [0.5, 0.6) is 17.2 Å². The Bertz CT molecular complexity index is 343. The van der Waals surface area contributed by atoms with Gasteiger partial charge >= 0.3 is 0 Å². The molecular weight excluding hydrogens is 170 g/mol. The van der Waals surface area contributed by atoms with Crippen molar-refractivity contribution in [2.45, 2.75) is 6.42 Å². The lowest BCUT2D eigenvalue weighted by atomic mass is 10.1. The van der Waals surface area contributed by atoms with E-state index in [1.165, 1.54) is 0 Å². The van der Waals surface area contributed by atoms with Crippen LogP contribution in [-0.2, 0) is 6.42 Å². The zero-order valence-corrected chi connectivity index (χ0v) is 6.96. The molecule has 4 nitrogen and oxygen atoms in total. The van der Waals surface area contributed by atoms with Gasteiger partial charge in [0.25, 0.3) is 0 Å². The van der Waals surface area contributed by atoms with Crippen LogP contribution in [0.2, 0.25) is 0 Å². The van der Waals surface area contributed by atoms with Crippen LogP contribution in [0.25, 0.3) is 0 Å². The lowest BCUT2D eigenvalue weighted by Crippen LogP contribution is -1.94. The lowest BCUT2D eigenvalue weighted by molar-refractivity contribution is 0.171. The summed E-state index contributed by atoms with van der Waals surface area (Å²) in [6, 6.07) is 1.88. The molecule has 0 atom stereocenters. The standard InChI is InChI=1S/C9H9NO3/c11-8-5-1-2-10-6(5)3-7-9(8)13-4-12-7/h3,10-11H,1-2,4H2. The second-order valence-electron chi connectivity index (χ2n) is 3.16. The van der Waals surface area contributed by atoms with E-state index in [0.717, 1.165) is 24.2 Å². The van der Waals surface area contributed by atoms with Gasteiger partial charge in [0.15, 0.2) is 11.5 Å². The van der Waals surface area contributed by atoms with E-state index in [1.807, 2.05) is 6.07 Å². The van der Waals surface area contributed by atoms with E-state index >= 15 is 0 Å². The van der Waals surface area contributed by atoms with Crippen molar-refractivity contribution in [2.24, 2.45) is 0 Å². The minimum absolute atomic E-state index is 0.200. The van der Waals surface area contributed by atoms with Crippen molar-refractivity contribution < 1.29 is 14.6 Å². The molecule has 0 unspecified atom stereocenters. The Hall–Kier alpha value is -1.58. The Morgan fingerprint density at radius 2 is 2.31 bits per heavy atom. The number of phenols is 1. The Kier molecular flexibility index (Phi) is 1.17. The maximum absolute atomic E-state index is 9.79. The van der Waals surface area contributed by atoms with Crippen molar-refractivity contribution in [1.82, 2.24) is 0 Å². The quantitative estimate of drug-likeness (QED) is 0.626. The SMILES string of the molecule is Oc1c2c(cc3c1OCO3)NCC2. The van der Waals surface area contributed by atoms with Crippen LogP contribution in [0.4, 0.5) is 5.69 Å². The molecule has 0 amide bonds. The number of hydrogen-bond acceptors (Lipinski definition) is 4. The Labute approximate surface area is 75.1 Å². The van der Waals surface area contributed by atoms with Crippen molar-refractivity contribution in [1.29, 1.82) is 0 Å². The van der Waals surface area contributed by atoms with Crippen LogP contribution in [0.3, 0.4) is 0 Å². The van der Waals surface area contributed by atoms with Crippen LogP contribution in [0, 0.1) is 0 Å². The monoisotopic (exact) mass is 179 g/mol. The smallest absolute Gasteiger partial charge is 0.231 e. The van der Waals surface area contributed by atoms with Gasteiger partial charge in [-0.3, -0.25) is 0 Å². The first kappa shape index (κ1) is 6.88. The van der Waals surface area contributed by atoms with Crippen LogP contribution in [-0.4, -0.2) is 18.4 Å². The average Bonchev–Trinajstić information content (AvgIpc) is 2.71. The van der Waals surface area contributed by atoms with Gasteiger partial charge in [-0.2, -0.15) is 0 Å². The van der Waals surface area contributed by atoms with Crippen molar-refractivity contribution in [3.05, 3.63) is 11.6 Å². The molecule has 4 heteroatoms. The Balaban J connectivity index is 2.26. The van der Waals surface area contributed by atoms with Gasteiger partial charge in [0.1, 0.15) is 0 Å². The number of hydrogen-bond donors (Lipinski definition) is 2. The largest absolute Gasteiger partial charge is 0.504 e. The lowest BCUT2D eigenvalue weighted by Gasteiger charge is -2.05. The number of rotatable bonds is 0. The molecule has 2 aliphatic rings. The third-order valence-corrected chi connectivity index (χ3v) is 2.43. The number of phenolic OH excluding ortho intramolecular Hbond substituents is 1. The van der Waals surface area contributed by atoms with Crippen LogP contribution in [0.15, 0.2) is 6.07 Å². The molecule has 2 heterocycles. The zero-order chi connectivity index (χ0) is 8.84. The van der Waals surface area contributed by atoms with Crippen molar-refractivity contribution in [3.63, 3.8) is 0 Å². The molecule has 1 aromatic carbocycles. The van der Waals surface area contributed by atoms with Gasteiger partial charge in [0.05, 0.1) is 0 Å². The number of fused-ring (bicyclic) bond motifs is 2. The fourth-order valence-corrected chi connectivity index (χ4v) is 1.80. The van der Waals surface area contributed by atoms with E-state index < -0.39 is 0 Å². The molecule has 0 fully saturated rings. The maximum Gasteiger partial charge on any atom is 0.231 e. The number of benzene rings is 1. The molecule has 2 N–H and O–H groups in total. The Morgan fingerprint density at radius 3 is 3.23 bits per heavy atom. The molecular formula is C9H9NO3. The van der Waals surface area contributed by atoms with Gasteiger partial charge in [-0.25, -0.2) is 0 Å². The summed E-state index contributed by atoms with van der Waals surface area (Å²) >= 11 is 0. The summed E-state index contributed by atoms with van der Waals surface area (Å²) in [5.74, 6) is 1.35. The van der Waals surface area contributed by atoms with E-state index in [-0.39, 0.29) is 12.5 Å². The van der Waals surface area contributed by atoms with Gasteiger partial charge < -0.3 is 19.9 Å². The molecule has 0 saturated heterocycles. The fourth-order valence-electron chi connectivity index (χ4n) is 1.80. The summed E-state index contributed by atoms with van der Waals surface area (Å²) in [5.41, 5.74) is 1.89. The predicted molar refractivity (Wildman–Crippen MR) is 46.4 cm³/mol. The van der Waals surface area contributed by atoms with Gasteiger partial charge in [0.2, 0.25) is 12.5 Å². The Morgan fingerprint density at radius 1 is 1.38 bits per heavy atom. The highest BCUT2D eigenvalue weighted by atomic mass is 16.7. The number of anilines is 1. The van der Waals surface area contributed by atoms with Crippen LogP contribution in [0.1, 0.15) is 5.56 Å². The summed E-state index contributed by atoms with van der Waals surface area (Å²) < 4.78 is 10.3. The summed E-state index contributed by atoms with van der Waals surface area (Å²) in [6.07, 6.45) is 0.845. The molecule has 0 bridgehead atoms. The summed E-state index contributed by atoms with van der Waals surface area (Å²) in [7, 11) is 0. The molecule has 0 radical (unpaired) electrons. The maximum atomic E-state index is 9.79. The minimum Gasteiger partial charge on any atom is -0.504 e. The molecule has 0 aliphatic carbocycles. The van der Waals surface area contributed by atoms with Crippen molar-refractivity contribution >= 4 is 5.69 Å². The molecule has 3 rings (SSSR count). The highest BCUT2D eigenvalue weighted by molar-refractivity contribution is 5.70. The predicted octanol–water partition coefficient (Wildman–Crippen LogP) is 1.09. The minimum atomic E-state index is 0.200. The first-order valence-electron chi connectivity index (χ1n) is 4.24. The van der Waals surface area contributed by atoms with Gasteiger partial charge in [0, 0.05) is 23.9 Å². The topological polar surface area (TPSA) is 50.7 Å². The third kappa shape index (κ3) is 0.798. The zero-order valence-electron chi connectivity index (χ0n) is 6.96. The van der Waals surface area contributed by atoms with Gasteiger partial charge in [-0.05, 0) is 6.42 Å². The van der Waals surface area contributed by atoms with E-state index in [0.29, 0.717) is 11.5 Å². The third-order valence-electron chi connectivity index (χ3n) is 2.43. The number of nitrogens with one attached hydrogen (secondary N) is 1. The van der Waals surface area contributed by atoms with Crippen molar-refractivity contribution in [3.8, 4) is 17.2 Å². The normalized spacial score (nSPS) is 16.9. The molecule has 1 aromatic rings. The summed E-state index contributed by atoms with van der Waals surface area (Å²) in [5, 5.41) is 13.0. The number of ether oxygens (including phenoxy) is 2. The molecule has 0 saturated carbocycles. The average molecular weight is 179 g/mol. The first-order valence-corrected chi connectivity index (χ1v) is 4.24. The molecule has 2 aliphatic heterocycles. The van der Waals surface area contributed by atoms with E-state index in [1.54, 1.807) is 0 Å². The van der Waals surface area contributed by atoms with E-state index in [9.17, 15) is 5.11 Å². The van der Waals surface area contributed by atoms with Crippen molar-refractivity contribution in [2.75, 3.05) is 18.7 Å². The van der Waals surface area contributed by atoms with Crippen LogP contribution < -0.4 is 14.8 Å². The first-order chi connectivity index (χ1) is 6.36. The highest BCUT2D eigenvalue weighted by Gasteiger charge is 2.25. The summed E-state index contributed by atoms with van der Waals surface area (Å²) in [6.45, 7) is 1.07. The van der Waals surface area contributed by atoms with Gasteiger partial charge in [-0.15, -0.1) is 0 Å². The van der Waals surface area contributed by atoms with Crippen LogP contribution >= 0.6 is 0 Å². The summed E-state index contributed by atoms with van der Waals surface area (Å²) in [4.78, 5) is 0. The molecule has 68 valence electrons. The second-order valence-corrected chi connectivity index (χ2v) is 3.16. The van der Waals surface area contributed by atoms with Gasteiger partial charge in [-0.1, -0.05) is 0 Å². The van der Waals surface area contributed by atoms with E-state index in [4.69, 9.17) is 9.47 Å². The number of aromatic hydroxyl groups is 1. The molecule has 13 heavy (non-hydrogen) atoms.